The molecule has 0 aromatic heterocycles. The largest absolute Gasteiger partial charge is 0.379 e. The third-order valence-electron chi connectivity index (χ3n) is 3.12. The van der Waals surface area contributed by atoms with E-state index in [0.717, 1.165) is 0 Å². The molecule has 5 heteroatoms. The molecular weight excluding hydrogens is 223 g/mol. The molecule has 0 bridgehead atoms. The van der Waals surface area contributed by atoms with Gasteiger partial charge in [0.05, 0.1) is 18.6 Å². The van der Waals surface area contributed by atoms with Gasteiger partial charge in [-0.05, 0) is 25.1 Å². The molecule has 0 spiro atoms. The number of carbonyl (C=O) groups excluding carboxylic acids is 1. The third-order valence-corrected chi connectivity index (χ3v) is 3.12. The summed E-state index contributed by atoms with van der Waals surface area (Å²) in [7, 11) is 0. The molecule has 0 radical (unpaired) electrons. The zero-order chi connectivity index (χ0) is 12.5. The van der Waals surface area contributed by atoms with Crippen molar-refractivity contribution in [1.29, 1.82) is 0 Å². The Morgan fingerprint density at radius 3 is 3.00 bits per heavy atom. The Morgan fingerprint density at radius 2 is 2.41 bits per heavy atom. The number of amides is 1. The summed E-state index contributed by atoms with van der Waals surface area (Å²) in [6.07, 6.45) is 0. The van der Waals surface area contributed by atoms with Gasteiger partial charge in [-0.2, -0.15) is 0 Å². The molecule has 1 aromatic carbocycles. The van der Waals surface area contributed by atoms with E-state index in [9.17, 15) is 9.18 Å². The van der Waals surface area contributed by atoms with Gasteiger partial charge in [-0.3, -0.25) is 4.79 Å². The van der Waals surface area contributed by atoms with Crippen LogP contribution in [-0.4, -0.2) is 25.2 Å². The summed E-state index contributed by atoms with van der Waals surface area (Å²) < 4.78 is 18.2. The van der Waals surface area contributed by atoms with Crippen molar-refractivity contribution in [2.75, 3.05) is 18.5 Å². The molecule has 1 aliphatic rings. The van der Waals surface area contributed by atoms with Crippen LogP contribution in [-0.2, 0) is 9.53 Å². The molecule has 2 unspecified atom stereocenters. The Labute approximate surface area is 98.9 Å². The number of rotatable bonds is 2. The molecule has 1 aliphatic heterocycles. The van der Waals surface area contributed by atoms with Crippen LogP contribution < -0.4 is 11.1 Å². The van der Waals surface area contributed by atoms with Gasteiger partial charge in [0.15, 0.2) is 0 Å². The summed E-state index contributed by atoms with van der Waals surface area (Å²) in [6.45, 7) is 2.40. The molecule has 17 heavy (non-hydrogen) atoms. The van der Waals surface area contributed by atoms with Crippen LogP contribution in [0.15, 0.2) is 24.3 Å². The van der Waals surface area contributed by atoms with Crippen LogP contribution in [0.2, 0.25) is 0 Å². The maximum absolute atomic E-state index is 13.0. The van der Waals surface area contributed by atoms with Crippen LogP contribution >= 0.6 is 0 Å². The molecule has 1 aromatic rings. The van der Waals surface area contributed by atoms with E-state index >= 15 is 0 Å². The Bertz CT molecular complexity index is 438. The zero-order valence-corrected chi connectivity index (χ0v) is 9.57. The highest BCUT2D eigenvalue weighted by Gasteiger charge is 2.44. The lowest BCUT2D eigenvalue weighted by Crippen LogP contribution is -2.47. The molecule has 1 saturated heterocycles. The van der Waals surface area contributed by atoms with E-state index in [2.05, 4.69) is 5.32 Å². The highest BCUT2D eigenvalue weighted by Crippen LogP contribution is 2.28. The predicted octanol–water partition coefficient (Wildman–Crippen LogP) is 1.13. The summed E-state index contributed by atoms with van der Waals surface area (Å²) in [5, 5.41) is 2.66. The summed E-state index contributed by atoms with van der Waals surface area (Å²) >= 11 is 0. The fourth-order valence-electron chi connectivity index (χ4n) is 1.76. The van der Waals surface area contributed by atoms with E-state index in [1.165, 1.54) is 12.1 Å². The second kappa shape index (κ2) is 4.43. The van der Waals surface area contributed by atoms with Crippen molar-refractivity contribution in [2.24, 2.45) is 11.1 Å². The fraction of sp³-hybridized carbons (Fsp3) is 0.417. The van der Waals surface area contributed by atoms with Gasteiger partial charge >= 0.3 is 0 Å². The molecule has 0 saturated carbocycles. The van der Waals surface area contributed by atoms with Crippen molar-refractivity contribution in [3.05, 3.63) is 30.1 Å². The molecular formula is C12H15FN2O2. The summed E-state index contributed by atoms with van der Waals surface area (Å²) in [4.78, 5) is 12.1. The van der Waals surface area contributed by atoms with Gasteiger partial charge in [0, 0.05) is 11.7 Å². The molecule has 1 amide bonds. The molecule has 2 rings (SSSR count). The van der Waals surface area contributed by atoms with Crippen LogP contribution in [0.3, 0.4) is 0 Å². The normalized spacial score (nSPS) is 28.1. The van der Waals surface area contributed by atoms with Crippen molar-refractivity contribution < 1.29 is 13.9 Å². The predicted molar refractivity (Wildman–Crippen MR) is 61.9 cm³/mol. The molecule has 4 nitrogen and oxygen atoms in total. The monoisotopic (exact) mass is 238 g/mol. The fourth-order valence-corrected chi connectivity index (χ4v) is 1.76. The van der Waals surface area contributed by atoms with Gasteiger partial charge in [0.1, 0.15) is 5.82 Å². The van der Waals surface area contributed by atoms with Crippen LogP contribution in [0.25, 0.3) is 0 Å². The van der Waals surface area contributed by atoms with E-state index in [-0.39, 0.29) is 24.4 Å². The van der Waals surface area contributed by atoms with Crippen LogP contribution in [0, 0.1) is 11.2 Å². The first kappa shape index (κ1) is 12.0. The number of carbonyl (C=O) groups is 1. The Morgan fingerprint density at radius 1 is 1.65 bits per heavy atom. The molecule has 3 N–H and O–H groups in total. The topological polar surface area (TPSA) is 64.3 Å². The molecule has 1 heterocycles. The quantitative estimate of drug-likeness (QED) is 0.811. The lowest BCUT2D eigenvalue weighted by molar-refractivity contribution is -0.125. The van der Waals surface area contributed by atoms with E-state index in [1.807, 2.05) is 0 Å². The third kappa shape index (κ3) is 2.30. The average molecular weight is 238 g/mol. The van der Waals surface area contributed by atoms with Gasteiger partial charge in [0.2, 0.25) is 5.91 Å². The maximum Gasteiger partial charge on any atom is 0.234 e. The van der Waals surface area contributed by atoms with E-state index in [1.54, 1.807) is 19.1 Å². The molecule has 92 valence electrons. The number of hydrogen-bond donors (Lipinski definition) is 2. The van der Waals surface area contributed by atoms with E-state index in [4.69, 9.17) is 10.5 Å². The Balaban J connectivity index is 2.12. The first-order chi connectivity index (χ1) is 8.02. The van der Waals surface area contributed by atoms with Crippen molar-refractivity contribution in [1.82, 2.24) is 0 Å². The standard InChI is InChI=1S/C12H15FN2O2/c1-12(7-17-6-10(12)14)11(16)15-9-4-2-3-8(13)5-9/h2-5,10H,6-7,14H2,1H3,(H,15,16). The number of hydrogen-bond acceptors (Lipinski definition) is 3. The molecule has 2 atom stereocenters. The highest BCUT2D eigenvalue weighted by atomic mass is 19.1. The van der Waals surface area contributed by atoms with Crippen LogP contribution in [0.5, 0.6) is 0 Å². The van der Waals surface area contributed by atoms with Gasteiger partial charge in [-0.25, -0.2) is 4.39 Å². The summed E-state index contributed by atoms with van der Waals surface area (Å²) in [5.74, 6) is -0.631. The van der Waals surface area contributed by atoms with Crippen molar-refractivity contribution in [2.45, 2.75) is 13.0 Å². The average Bonchev–Trinajstić information content (AvgIpc) is 2.60. The number of halogens is 1. The second-order valence-electron chi connectivity index (χ2n) is 4.50. The van der Waals surface area contributed by atoms with E-state index in [0.29, 0.717) is 12.3 Å². The minimum absolute atomic E-state index is 0.242. The summed E-state index contributed by atoms with van der Waals surface area (Å²) in [6, 6.07) is 5.42. The number of nitrogens with one attached hydrogen (secondary N) is 1. The first-order valence-corrected chi connectivity index (χ1v) is 5.43. The minimum atomic E-state index is -0.758. The Kier molecular flexibility index (Phi) is 3.13. The highest BCUT2D eigenvalue weighted by molar-refractivity contribution is 5.95. The van der Waals surface area contributed by atoms with Crippen molar-refractivity contribution >= 4 is 11.6 Å². The van der Waals surface area contributed by atoms with Crippen LogP contribution in [0.4, 0.5) is 10.1 Å². The minimum Gasteiger partial charge on any atom is -0.379 e. The number of ether oxygens (including phenoxy) is 1. The number of nitrogens with two attached hydrogens (primary N) is 1. The van der Waals surface area contributed by atoms with Gasteiger partial charge in [0.25, 0.3) is 0 Å². The second-order valence-corrected chi connectivity index (χ2v) is 4.50. The summed E-state index contributed by atoms with van der Waals surface area (Å²) in [5.41, 5.74) is 5.51. The lowest BCUT2D eigenvalue weighted by atomic mass is 9.85. The van der Waals surface area contributed by atoms with Gasteiger partial charge in [-0.1, -0.05) is 6.07 Å². The van der Waals surface area contributed by atoms with Crippen molar-refractivity contribution in [3.8, 4) is 0 Å². The Hall–Kier alpha value is -1.46. The lowest BCUT2D eigenvalue weighted by Gasteiger charge is -2.25. The first-order valence-electron chi connectivity index (χ1n) is 5.43. The van der Waals surface area contributed by atoms with Gasteiger partial charge < -0.3 is 15.8 Å². The zero-order valence-electron chi connectivity index (χ0n) is 9.57. The van der Waals surface area contributed by atoms with Crippen molar-refractivity contribution in [3.63, 3.8) is 0 Å². The number of anilines is 1. The molecule has 0 aliphatic carbocycles. The van der Waals surface area contributed by atoms with Crippen LogP contribution in [0.1, 0.15) is 6.92 Å². The molecule has 1 fully saturated rings. The SMILES string of the molecule is CC1(C(=O)Nc2cccc(F)c2)COCC1N. The smallest absolute Gasteiger partial charge is 0.234 e. The van der Waals surface area contributed by atoms with E-state index < -0.39 is 5.41 Å². The maximum atomic E-state index is 13.0. The number of benzene rings is 1. The van der Waals surface area contributed by atoms with Gasteiger partial charge in [-0.15, -0.1) is 0 Å².